The molecule has 0 bridgehead atoms. The molecule has 0 aromatic heterocycles. The normalized spacial score (nSPS) is 20.3. The lowest BCUT2D eigenvalue weighted by atomic mass is 9.84. The van der Waals surface area contributed by atoms with Crippen LogP contribution in [0.2, 0.25) is 0 Å². The highest BCUT2D eigenvalue weighted by atomic mass is 16.5. The smallest absolute Gasteiger partial charge is 0.182 e. The van der Waals surface area contributed by atoms with E-state index in [0.29, 0.717) is 13.2 Å². The number of morpholine rings is 1. The van der Waals surface area contributed by atoms with Crippen molar-refractivity contribution in [3.63, 3.8) is 0 Å². The lowest BCUT2D eigenvalue weighted by Gasteiger charge is -2.25. The molecule has 0 spiro atoms. The molecule has 3 nitrogen and oxygen atoms in total. The molecule has 0 radical (unpaired) electrons. The van der Waals surface area contributed by atoms with Crippen molar-refractivity contribution in [3.05, 3.63) is 34.9 Å². The molecule has 0 aliphatic carbocycles. The summed E-state index contributed by atoms with van der Waals surface area (Å²) in [5.74, 6) is 0.142. The number of ether oxygens (including phenoxy) is 1. The first-order valence-electron chi connectivity index (χ1n) is 6.86. The van der Waals surface area contributed by atoms with Crippen LogP contribution in [-0.4, -0.2) is 31.6 Å². The Morgan fingerprint density at radius 1 is 1.37 bits per heavy atom. The van der Waals surface area contributed by atoms with E-state index < -0.39 is 0 Å². The second-order valence-corrected chi connectivity index (χ2v) is 6.23. The summed E-state index contributed by atoms with van der Waals surface area (Å²) in [6, 6.07) is 5.98. The lowest BCUT2D eigenvalue weighted by molar-refractivity contribution is 0.0607. The predicted octanol–water partition coefficient (Wildman–Crippen LogP) is 2.46. The first-order valence-corrected chi connectivity index (χ1v) is 6.86. The summed E-state index contributed by atoms with van der Waals surface area (Å²) in [6.45, 7) is 10.4. The minimum Gasteiger partial charge on any atom is -0.378 e. The van der Waals surface area contributed by atoms with Crippen molar-refractivity contribution in [2.24, 2.45) is 0 Å². The molecule has 3 heteroatoms. The van der Waals surface area contributed by atoms with Crippen LogP contribution in [0.25, 0.3) is 0 Å². The SMILES string of the molecule is Cc1ccc(C(C)(C)C)cc1C(=O)C1COCCN1. The number of carbonyl (C=O) groups excluding carboxylic acids is 1. The second-order valence-electron chi connectivity index (χ2n) is 6.23. The van der Waals surface area contributed by atoms with E-state index in [1.807, 2.05) is 19.1 Å². The quantitative estimate of drug-likeness (QED) is 0.831. The van der Waals surface area contributed by atoms with Gasteiger partial charge in [-0.15, -0.1) is 0 Å². The molecule has 1 saturated heterocycles. The highest BCUT2D eigenvalue weighted by Crippen LogP contribution is 2.25. The summed E-state index contributed by atoms with van der Waals surface area (Å²) in [5, 5.41) is 3.23. The fraction of sp³-hybridized carbons (Fsp3) is 0.562. The molecule has 1 heterocycles. The van der Waals surface area contributed by atoms with Crippen molar-refractivity contribution < 1.29 is 9.53 Å². The monoisotopic (exact) mass is 261 g/mol. The van der Waals surface area contributed by atoms with Gasteiger partial charge >= 0.3 is 0 Å². The van der Waals surface area contributed by atoms with Gasteiger partial charge in [-0.1, -0.05) is 32.9 Å². The molecule has 0 amide bonds. The summed E-state index contributed by atoms with van der Waals surface area (Å²) in [6.07, 6.45) is 0. The average molecular weight is 261 g/mol. The molecule has 1 atom stereocenters. The highest BCUT2D eigenvalue weighted by Gasteiger charge is 2.25. The topological polar surface area (TPSA) is 38.3 Å². The van der Waals surface area contributed by atoms with Gasteiger partial charge in [-0.05, 0) is 29.5 Å². The van der Waals surface area contributed by atoms with E-state index in [9.17, 15) is 4.79 Å². The fourth-order valence-corrected chi connectivity index (χ4v) is 2.28. The van der Waals surface area contributed by atoms with Crippen LogP contribution in [0.15, 0.2) is 18.2 Å². The van der Waals surface area contributed by atoms with Gasteiger partial charge in [-0.2, -0.15) is 0 Å². The number of Topliss-reactive ketones (excluding diaryl/α,β-unsaturated/α-hetero) is 1. The summed E-state index contributed by atoms with van der Waals surface area (Å²) in [7, 11) is 0. The number of benzene rings is 1. The van der Waals surface area contributed by atoms with Gasteiger partial charge in [-0.25, -0.2) is 0 Å². The molecule has 104 valence electrons. The molecule has 1 fully saturated rings. The minimum absolute atomic E-state index is 0.0548. The van der Waals surface area contributed by atoms with Crippen molar-refractivity contribution in [3.8, 4) is 0 Å². The Morgan fingerprint density at radius 2 is 2.11 bits per heavy atom. The van der Waals surface area contributed by atoms with Gasteiger partial charge in [0.25, 0.3) is 0 Å². The molecule has 1 aromatic carbocycles. The van der Waals surface area contributed by atoms with E-state index in [-0.39, 0.29) is 17.2 Å². The van der Waals surface area contributed by atoms with Gasteiger partial charge in [0, 0.05) is 12.1 Å². The largest absolute Gasteiger partial charge is 0.378 e. The Bertz CT molecular complexity index is 468. The third-order valence-electron chi connectivity index (χ3n) is 3.61. The summed E-state index contributed by atoms with van der Waals surface area (Å²) in [4.78, 5) is 12.6. The van der Waals surface area contributed by atoms with Crippen molar-refractivity contribution in [1.29, 1.82) is 0 Å². The first kappa shape index (κ1) is 14.2. The van der Waals surface area contributed by atoms with Crippen molar-refractivity contribution >= 4 is 5.78 Å². The van der Waals surface area contributed by atoms with Crippen LogP contribution in [-0.2, 0) is 10.2 Å². The van der Waals surface area contributed by atoms with Gasteiger partial charge in [0.1, 0.15) is 0 Å². The Kier molecular flexibility index (Phi) is 4.07. The zero-order valence-electron chi connectivity index (χ0n) is 12.2. The third-order valence-corrected chi connectivity index (χ3v) is 3.61. The molecule has 1 aliphatic rings. The van der Waals surface area contributed by atoms with Gasteiger partial charge < -0.3 is 10.1 Å². The molecular weight excluding hydrogens is 238 g/mol. The van der Waals surface area contributed by atoms with Gasteiger partial charge in [0.15, 0.2) is 5.78 Å². The zero-order chi connectivity index (χ0) is 14.0. The summed E-state index contributed by atoms with van der Waals surface area (Å²) < 4.78 is 5.38. The highest BCUT2D eigenvalue weighted by molar-refractivity contribution is 6.01. The number of nitrogens with one attached hydrogen (secondary N) is 1. The van der Waals surface area contributed by atoms with Crippen LogP contribution in [0.5, 0.6) is 0 Å². The van der Waals surface area contributed by atoms with Crippen LogP contribution in [0.3, 0.4) is 0 Å². The first-order chi connectivity index (χ1) is 8.89. The Labute approximate surface area is 115 Å². The number of aryl methyl sites for hydroxylation is 1. The Morgan fingerprint density at radius 3 is 2.68 bits per heavy atom. The standard InChI is InChI=1S/C16H23NO2/c1-11-5-6-12(16(2,3)4)9-13(11)15(18)14-10-19-8-7-17-14/h5-6,9,14,17H,7-8,10H2,1-4H3. The molecule has 1 N–H and O–H groups in total. The molecule has 19 heavy (non-hydrogen) atoms. The second kappa shape index (κ2) is 5.43. The number of carbonyl (C=O) groups is 1. The molecular formula is C16H23NO2. The van der Waals surface area contributed by atoms with E-state index in [0.717, 1.165) is 17.7 Å². The maximum absolute atomic E-state index is 12.6. The average Bonchev–Trinajstić information content (AvgIpc) is 2.38. The minimum atomic E-state index is -0.206. The van der Waals surface area contributed by atoms with Crippen molar-refractivity contribution in [1.82, 2.24) is 5.32 Å². The number of hydrogen-bond acceptors (Lipinski definition) is 3. The van der Waals surface area contributed by atoms with Crippen LogP contribution in [0.1, 0.15) is 42.3 Å². The fourth-order valence-electron chi connectivity index (χ4n) is 2.28. The van der Waals surface area contributed by atoms with E-state index in [1.165, 1.54) is 5.56 Å². The van der Waals surface area contributed by atoms with Crippen LogP contribution < -0.4 is 5.32 Å². The van der Waals surface area contributed by atoms with Gasteiger partial charge in [0.05, 0.1) is 19.3 Å². The molecule has 1 aliphatic heterocycles. The van der Waals surface area contributed by atoms with Crippen LogP contribution in [0, 0.1) is 6.92 Å². The van der Waals surface area contributed by atoms with Crippen molar-refractivity contribution in [2.45, 2.75) is 39.2 Å². The zero-order valence-corrected chi connectivity index (χ0v) is 12.2. The maximum atomic E-state index is 12.6. The Hall–Kier alpha value is -1.19. The van der Waals surface area contributed by atoms with E-state index in [4.69, 9.17) is 4.74 Å². The summed E-state index contributed by atoms with van der Waals surface area (Å²) >= 11 is 0. The maximum Gasteiger partial charge on any atom is 0.182 e. The van der Waals surface area contributed by atoms with Crippen LogP contribution in [0.4, 0.5) is 0 Å². The molecule has 1 unspecified atom stereocenters. The number of rotatable bonds is 2. The van der Waals surface area contributed by atoms with Gasteiger partial charge in [0.2, 0.25) is 0 Å². The van der Waals surface area contributed by atoms with Gasteiger partial charge in [-0.3, -0.25) is 4.79 Å². The van der Waals surface area contributed by atoms with Crippen LogP contribution >= 0.6 is 0 Å². The van der Waals surface area contributed by atoms with E-state index in [1.54, 1.807) is 0 Å². The van der Waals surface area contributed by atoms with E-state index in [2.05, 4.69) is 32.2 Å². The third kappa shape index (κ3) is 3.23. The summed E-state index contributed by atoms with van der Waals surface area (Å²) in [5.41, 5.74) is 3.10. The lowest BCUT2D eigenvalue weighted by Crippen LogP contribution is -2.46. The number of hydrogen-bond donors (Lipinski definition) is 1. The molecule has 2 rings (SSSR count). The molecule has 0 saturated carbocycles. The van der Waals surface area contributed by atoms with E-state index >= 15 is 0 Å². The molecule has 1 aromatic rings. The van der Waals surface area contributed by atoms with Crippen molar-refractivity contribution in [2.75, 3.05) is 19.8 Å². The Balaban J connectivity index is 2.30. The number of ketones is 1. The predicted molar refractivity (Wildman–Crippen MR) is 76.8 cm³/mol.